The number of methoxy groups -OCH3 is 2. The molecule has 0 saturated carbocycles. The number of hydrogen-bond donors (Lipinski definition) is 1. The molecule has 9 heteroatoms. The van der Waals surface area contributed by atoms with Gasteiger partial charge in [0.05, 0.1) is 13.7 Å². The van der Waals surface area contributed by atoms with Crippen molar-refractivity contribution in [3.63, 3.8) is 0 Å². The van der Waals surface area contributed by atoms with E-state index in [-0.39, 0.29) is 31.5 Å². The molecule has 0 bridgehead atoms. The van der Waals surface area contributed by atoms with Gasteiger partial charge in [0.2, 0.25) is 17.7 Å². The van der Waals surface area contributed by atoms with Crippen LogP contribution in [0.25, 0.3) is 0 Å². The fourth-order valence-electron chi connectivity index (χ4n) is 2.34. The summed E-state index contributed by atoms with van der Waals surface area (Å²) >= 11 is 0. The Kier molecular flexibility index (Phi) is 6.95. The van der Waals surface area contributed by atoms with Gasteiger partial charge < -0.3 is 24.6 Å². The average molecular weight is 329 g/mol. The SMILES string of the molecule is COCC(=O)N1CCN(C(C)=O)C[C@@H]1C(=O)N[C@H](C)C(=O)OC. The Morgan fingerprint density at radius 3 is 2.39 bits per heavy atom. The zero-order chi connectivity index (χ0) is 17.6. The van der Waals surface area contributed by atoms with Crippen molar-refractivity contribution >= 4 is 23.7 Å². The third kappa shape index (κ3) is 4.92. The number of nitrogens with zero attached hydrogens (tertiary/aromatic N) is 2. The lowest BCUT2D eigenvalue weighted by Crippen LogP contribution is -2.62. The van der Waals surface area contributed by atoms with Crippen molar-refractivity contribution in [2.75, 3.05) is 40.5 Å². The average Bonchev–Trinajstić information content (AvgIpc) is 2.53. The van der Waals surface area contributed by atoms with Crippen LogP contribution in [0.15, 0.2) is 0 Å². The molecule has 1 heterocycles. The first-order valence-corrected chi connectivity index (χ1v) is 7.24. The Morgan fingerprint density at radius 1 is 1.22 bits per heavy atom. The van der Waals surface area contributed by atoms with E-state index in [0.717, 1.165) is 0 Å². The summed E-state index contributed by atoms with van der Waals surface area (Å²) < 4.78 is 9.37. The molecule has 1 fully saturated rings. The van der Waals surface area contributed by atoms with Gasteiger partial charge in [0, 0.05) is 27.1 Å². The van der Waals surface area contributed by atoms with Crippen molar-refractivity contribution in [3.05, 3.63) is 0 Å². The molecule has 0 radical (unpaired) electrons. The van der Waals surface area contributed by atoms with Crippen LogP contribution in [-0.4, -0.2) is 86.0 Å². The van der Waals surface area contributed by atoms with Crippen molar-refractivity contribution in [1.29, 1.82) is 0 Å². The maximum atomic E-state index is 12.4. The summed E-state index contributed by atoms with van der Waals surface area (Å²) in [4.78, 5) is 50.3. The Balaban J connectivity index is 2.87. The predicted molar refractivity (Wildman–Crippen MR) is 79.3 cm³/mol. The van der Waals surface area contributed by atoms with Gasteiger partial charge >= 0.3 is 5.97 Å². The summed E-state index contributed by atoms with van der Waals surface area (Å²) in [5, 5.41) is 2.50. The Morgan fingerprint density at radius 2 is 1.87 bits per heavy atom. The molecule has 1 aliphatic rings. The first kappa shape index (κ1) is 18.9. The lowest BCUT2D eigenvalue weighted by Gasteiger charge is -2.40. The van der Waals surface area contributed by atoms with E-state index < -0.39 is 24.0 Å². The highest BCUT2D eigenvalue weighted by molar-refractivity contribution is 5.91. The Hall–Kier alpha value is -2.16. The molecule has 0 spiro atoms. The van der Waals surface area contributed by atoms with Gasteiger partial charge in [0.1, 0.15) is 18.7 Å². The van der Waals surface area contributed by atoms with Crippen LogP contribution in [0.5, 0.6) is 0 Å². The molecule has 0 aromatic heterocycles. The second-order valence-corrected chi connectivity index (χ2v) is 5.25. The normalized spacial score (nSPS) is 19.0. The third-order valence-electron chi connectivity index (χ3n) is 3.63. The Bertz CT molecular complexity index is 481. The second kappa shape index (κ2) is 8.47. The summed E-state index contributed by atoms with van der Waals surface area (Å²) in [5.74, 6) is -1.63. The van der Waals surface area contributed by atoms with E-state index in [1.165, 1.54) is 37.9 Å². The van der Waals surface area contributed by atoms with Gasteiger partial charge in [-0.2, -0.15) is 0 Å². The van der Waals surface area contributed by atoms with Crippen molar-refractivity contribution in [2.45, 2.75) is 25.9 Å². The van der Waals surface area contributed by atoms with Crippen molar-refractivity contribution in [3.8, 4) is 0 Å². The highest BCUT2D eigenvalue weighted by atomic mass is 16.5. The molecule has 0 aromatic carbocycles. The summed E-state index contributed by atoms with van der Waals surface area (Å²) in [6, 6.07) is -1.72. The number of esters is 1. The molecule has 23 heavy (non-hydrogen) atoms. The van der Waals surface area contributed by atoms with Gasteiger partial charge in [-0.05, 0) is 6.92 Å². The van der Waals surface area contributed by atoms with Gasteiger partial charge in [0.15, 0.2) is 0 Å². The highest BCUT2D eigenvalue weighted by Gasteiger charge is 2.37. The largest absolute Gasteiger partial charge is 0.467 e. The van der Waals surface area contributed by atoms with Gasteiger partial charge in [-0.1, -0.05) is 0 Å². The number of carbonyl (C=O) groups excluding carboxylic acids is 4. The van der Waals surface area contributed by atoms with Crippen LogP contribution >= 0.6 is 0 Å². The second-order valence-electron chi connectivity index (χ2n) is 5.25. The summed E-state index contributed by atoms with van der Waals surface area (Å²) in [6.45, 7) is 3.38. The molecule has 1 saturated heterocycles. The highest BCUT2D eigenvalue weighted by Crippen LogP contribution is 2.12. The van der Waals surface area contributed by atoms with E-state index in [4.69, 9.17) is 4.74 Å². The lowest BCUT2D eigenvalue weighted by atomic mass is 10.1. The Labute approximate surface area is 134 Å². The maximum Gasteiger partial charge on any atom is 0.328 e. The minimum atomic E-state index is -0.873. The molecule has 1 aliphatic heterocycles. The molecule has 0 unspecified atom stereocenters. The molecule has 9 nitrogen and oxygen atoms in total. The van der Waals surface area contributed by atoms with E-state index >= 15 is 0 Å². The summed E-state index contributed by atoms with van der Waals surface area (Å²) in [6.07, 6.45) is 0. The maximum absolute atomic E-state index is 12.4. The van der Waals surface area contributed by atoms with E-state index in [1.54, 1.807) is 0 Å². The topological polar surface area (TPSA) is 105 Å². The van der Waals surface area contributed by atoms with E-state index in [0.29, 0.717) is 6.54 Å². The first-order valence-electron chi connectivity index (χ1n) is 7.24. The van der Waals surface area contributed by atoms with Crippen LogP contribution in [0.2, 0.25) is 0 Å². The number of nitrogens with one attached hydrogen (secondary N) is 1. The molecule has 1 rings (SSSR count). The first-order chi connectivity index (χ1) is 10.8. The number of amides is 3. The number of ether oxygens (including phenoxy) is 2. The summed E-state index contributed by atoms with van der Waals surface area (Å²) in [5.41, 5.74) is 0. The van der Waals surface area contributed by atoms with Gasteiger partial charge in [-0.3, -0.25) is 14.4 Å². The van der Waals surface area contributed by atoms with E-state index in [9.17, 15) is 19.2 Å². The van der Waals surface area contributed by atoms with Crippen LogP contribution < -0.4 is 5.32 Å². The molecule has 1 N–H and O–H groups in total. The number of carbonyl (C=O) groups is 4. The zero-order valence-corrected chi connectivity index (χ0v) is 13.8. The standard InChI is InChI=1S/C14H23N3O6/c1-9(14(21)23-4)15-13(20)11-7-16(10(2)18)5-6-17(11)12(19)8-22-3/h9,11H,5-8H2,1-4H3,(H,15,20)/t9-,11-/m1/s1. The van der Waals surface area contributed by atoms with Crippen LogP contribution in [-0.2, 0) is 28.7 Å². The molecule has 0 aliphatic carbocycles. The van der Waals surface area contributed by atoms with Crippen molar-refractivity contribution in [2.24, 2.45) is 0 Å². The van der Waals surface area contributed by atoms with Crippen LogP contribution in [0, 0.1) is 0 Å². The molecule has 130 valence electrons. The molecular weight excluding hydrogens is 306 g/mol. The van der Waals surface area contributed by atoms with E-state index in [2.05, 4.69) is 10.1 Å². The van der Waals surface area contributed by atoms with Crippen LogP contribution in [0.1, 0.15) is 13.8 Å². The smallest absolute Gasteiger partial charge is 0.328 e. The van der Waals surface area contributed by atoms with E-state index in [1.807, 2.05) is 0 Å². The molecular formula is C14H23N3O6. The minimum Gasteiger partial charge on any atom is -0.467 e. The predicted octanol–water partition coefficient (Wildman–Crippen LogP) is -1.63. The number of piperazine rings is 1. The third-order valence-corrected chi connectivity index (χ3v) is 3.63. The number of hydrogen-bond acceptors (Lipinski definition) is 6. The zero-order valence-electron chi connectivity index (χ0n) is 13.8. The molecule has 3 amide bonds. The fourth-order valence-corrected chi connectivity index (χ4v) is 2.34. The summed E-state index contributed by atoms with van der Waals surface area (Å²) in [7, 11) is 2.61. The quantitative estimate of drug-likeness (QED) is 0.607. The van der Waals surface area contributed by atoms with Crippen LogP contribution in [0.3, 0.4) is 0 Å². The fraction of sp³-hybridized carbons (Fsp3) is 0.714. The van der Waals surface area contributed by atoms with Crippen molar-refractivity contribution < 1.29 is 28.7 Å². The lowest BCUT2D eigenvalue weighted by molar-refractivity contribution is -0.152. The minimum absolute atomic E-state index is 0.0739. The van der Waals surface area contributed by atoms with Gasteiger partial charge in [0.25, 0.3) is 0 Å². The van der Waals surface area contributed by atoms with Gasteiger partial charge in [-0.15, -0.1) is 0 Å². The monoisotopic (exact) mass is 329 g/mol. The van der Waals surface area contributed by atoms with Crippen molar-refractivity contribution in [1.82, 2.24) is 15.1 Å². The number of rotatable bonds is 5. The molecule has 2 atom stereocenters. The van der Waals surface area contributed by atoms with Gasteiger partial charge in [-0.25, -0.2) is 4.79 Å². The van der Waals surface area contributed by atoms with Crippen LogP contribution in [0.4, 0.5) is 0 Å². The molecule has 0 aromatic rings.